The van der Waals surface area contributed by atoms with Crippen LogP contribution in [0.2, 0.25) is 0 Å². The summed E-state index contributed by atoms with van der Waals surface area (Å²) in [5.74, 6) is -0.172. The quantitative estimate of drug-likeness (QED) is 0.803. The maximum atomic E-state index is 10.5. The predicted octanol–water partition coefficient (Wildman–Crippen LogP) is 1.09. The Morgan fingerprint density at radius 1 is 1.40 bits per heavy atom. The average molecular weight is 205 g/mol. The van der Waals surface area contributed by atoms with Crippen LogP contribution in [0.3, 0.4) is 0 Å². The first kappa shape index (κ1) is 9.71. The van der Waals surface area contributed by atoms with E-state index in [1.165, 1.54) is 0 Å². The maximum Gasteiger partial charge on any atom is 0.307 e. The lowest BCUT2D eigenvalue weighted by Gasteiger charge is -2.02. The molecule has 0 amide bonds. The standard InChI is InChI=1S/C11H11NO3/c13-10(14)7-8-1-3-9(4-2-8)11-12-5-6-15-11/h1-4H,5-7H2,(H,13,14). The number of hydrogen-bond donors (Lipinski definition) is 1. The van der Waals surface area contributed by atoms with Gasteiger partial charge in [-0.05, 0) is 17.7 Å². The van der Waals surface area contributed by atoms with Crippen LogP contribution >= 0.6 is 0 Å². The third-order valence-corrected chi connectivity index (χ3v) is 2.14. The van der Waals surface area contributed by atoms with Crippen molar-refractivity contribution in [2.45, 2.75) is 6.42 Å². The van der Waals surface area contributed by atoms with Crippen molar-refractivity contribution in [1.29, 1.82) is 0 Å². The van der Waals surface area contributed by atoms with Gasteiger partial charge >= 0.3 is 5.97 Å². The SMILES string of the molecule is O=C(O)Cc1ccc(C2=NCCO2)cc1. The summed E-state index contributed by atoms with van der Waals surface area (Å²) >= 11 is 0. The highest BCUT2D eigenvalue weighted by Crippen LogP contribution is 2.10. The van der Waals surface area contributed by atoms with Gasteiger partial charge in [-0.1, -0.05) is 12.1 Å². The molecule has 0 aromatic heterocycles. The van der Waals surface area contributed by atoms with E-state index in [0.717, 1.165) is 11.1 Å². The van der Waals surface area contributed by atoms with Gasteiger partial charge in [0.05, 0.1) is 13.0 Å². The number of benzene rings is 1. The fourth-order valence-corrected chi connectivity index (χ4v) is 1.45. The van der Waals surface area contributed by atoms with Gasteiger partial charge in [0.25, 0.3) is 0 Å². The van der Waals surface area contributed by atoms with E-state index >= 15 is 0 Å². The number of nitrogens with zero attached hydrogens (tertiary/aromatic N) is 1. The molecule has 0 radical (unpaired) electrons. The summed E-state index contributed by atoms with van der Waals surface area (Å²) in [5, 5.41) is 8.60. The highest BCUT2D eigenvalue weighted by Gasteiger charge is 2.09. The molecule has 15 heavy (non-hydrogen) atoms. The predicted molar refractivity (Wildman–Crippen MR) is 55.1 cm³/mol. The lowest BCUT2D eigenvalue weighted by Crippen LogP contribution is -2.03. The number of carboxylic acids is 1. The molecule has 1 aromatic rings. The number of carboxylic acid groups (broad SMARTS) is 1. The smallest absolute Gasteiger partial charge is 0.307 e. The third kappa shape index (κ3) is 2.34. The second-order valence-electron chi connectivity index (χ2n) is 3.30. The van der Waals surface area contributed by atoms with Crippen LogP contribution in [0.1, 0.15) is 11.1 Å². The zero-order chi connectivity index (χ0) is 10.7. The molecule has 0 saturated carbocycles. The number of aliphatic imine (C=N–C) groups is 1. The van der Waals surface area contributed by atoms with Crippen LogP contribution in [0, 0.1) is 0 Å². The maximum absolute atomic E-state index is 10.5. The summed E-state index contributed by atoms with van der Waals surface area (Å²) in [5.41, 5.74) is 1.69. The molecule has 4 nitrogen and oxygen atoms in total. The lowest BCUT2D eigenvalue weighted by atomic mass is 10.1. The summed E-state index contributed by atoms with van der Waals surface area (Å²) in [7, 11) is 0. The van der Waals surface area contributed by atoms with Gasteiger partial charge in [0.15, 0.2) is 0 Å². The second-order valence-corrected chi connectivity index (χ2v) is 3.30. The molecule has 0 saturated heterocycles. The van der Waals surface area contributed by atoms with Crippen LogP contribution in [-0.2, 0) is 16.0 Å². The Balaban J connectivity index is 2.13. The normalized spacial score (nSPS) is 14.5. The Bertz CT molecular complexity index is 395. The fourth-order valence-electron chi connectivity index (χ4n) is 1.45. The van der Waals surface area contributed by atoms with Crippen LogP contribution in [0.4, 0.5) is 0 Å². The van der Waals surface area contributed by atoms with Gasteiger partial charge in [0.2, 0.25) is 5.90 Å². The molecule has 0 atom stereocenters. The molecule has 0 bridgehead atoms. The molecule has 0 unspecified atom stereocenters. The Kier molecular flexibility index (Phi) is 2.67. The van der Waals surface area contributed by atoms with E-state index in [1.54, 1.807) is 12.1 Å². The molecule has 1 aliphatic heterocycles. The molecule has 0 aliphatic carbocycles. The largest absolute Gasteiger partial charge is 0.481 e. The monoisotopic (exact) mass is 205 g/mol. The zero-order valence-corrected chi connectivity index (χ0v) is 8.14. The average Bonchev–Trinajstić information content (AvgIpc) is 2.71. The number of rotatable bonds is 3. The molecule has 4 heteroatoms. The van der Waals surface area contributed by atoms with Crippen molar-refractivity contribution in [1.82, 2.24) is 0 Å². The van der Waals surface area contributed by atoms with Crippen LogP contribution < -0.4 is 0 Å². The fraction of sp³-hybridized carbons (Fsp3) is 0.273. The summed E-state index contributed by atoms with van der Waals surface area (Å²) in [6.45, 7) is 1.33. The topological polar surface area (TPSA) is 58.9 Å². The van der Waals surface area contributed by atoms with E-state index in [4.69, 9.17) is 9.84 Å². The molecule has 1 N–H and O–H groups in total. The molecule has 1 aliphatic rings. The molecule has 0 fully saturated rings. The van der Waals surface area contributed by atoms with Gasteiger partial charge in [-0.25, -0.2) is 4.99 Å². The zero-order valence-electron chi connectivity index (χ0n) is 8.14. The van der Waals surface area contributed by atoms with Crippen molar-refractivity contribution in [2.75, 3.05) is 13.2 Å². The van der Waals surface area contributed by atoms with Crippen LogP contribution in [0.5, 0.6) is 0 Å². The third-order valence-electron chi connectivity index (χ3n) is 2.14. The highest BCUT2D eigenvalue weighted by atomic mass is 16.5. The Hall–Kier alpha value is -1.84. The van der Waals surface area contributed by atoms with E-state index in [-0.39, 0.29) is 6.42 Å². The van der Waals surface area contributed by atoms with E-state index in [0.29, 0.717) is 19.0 Å². The molecular weight excluding hydrogens is 194 g/mol. The number of hydrogen-bond acceptors (Lipinski definition) is 3. The summed E-state index contributed by atoms with van der Waals surface area (Å²) in [6, 6.07) is 7.24. The Labute approximate surface area is 87.2 Å². The lowest BCUT2D eigenvalue weighted by molar-refractivity contribution is -0.136. The first-order valence-electron chi connectivity index (χ1n) is 4.74. The highest BCUT2D eigenvalue weighted by molar-refractivity contribution is 5.95. The van der Waals surface area contributed by atoms with Gasteiger partial charge in [0, 0.05) is 5.56 Å². The minimum Gasteiger partial charge on any atom is -0.481 e. The minimum absolute atomic E-state index is 0.0492. The molecule has 1 heterocycles. The number of aliphatic carboxylic acids is 1. The molecule has 78 valence electrons. The van der Waals surface area contributed by atoms with E-state index in [2.05, 4.69) is 4.99 Å². The van der Waals surface area contributed by atoms with Crippen molar-refractivity contribution in [2.24, 2.45) is 4.99 Å². The minimum atomic E-state index is -0.822. The Morgan fingerprint density at radius 3 is 2.67 bits per heavy atom. The molecule has 1 aromatic carbocycles. The molecule has 0 spiro atoms. The summed E-state index contributed by atoms with van der Waals surface area (Å²) in [4.78, 5) is 14.6. The van der Waals surface area contributed by atoms with E-state index in [1.807, 2.05) is 12.1 Å². The first-order valence-corrected chi connectivity index (χ1v) is 4.74. The summed E-state index contributed by atoms with van der Waals surface area (Å²) < 4.78 is 5.29. The van der Waals surface area contributed by atoms with E-state index < -0.39 is 5.97 Å². The van der Waals surface area contributed by atoms with Crippen molar-refractivity contribution in [3.63, 3.8) is 0 Å². The van der Waals surface area contributed by atoms with Crippen LogP contribution in [0.25, 0.3) is 0 Å². The Morgan fingerprint density at radius 2 is 2.13 bits per heavy atom. The molecule has 2 rings (SSSR count). The van der Waals surface area contributed by atoms with Gasteiger partial charge in [0.1, 0.15) is 6.61 Å². The molecular formula is C11H11NO3. The van der Waals surface area contributed by atoms with Crippen molar-refractivity contribution >= 4 is 11.9 Å². The van der Waals surface area contributed by atoms with Gasteiger partial charge in [-0.2, -0.15) is 0 Å². The van der Waals surface area contributed by atoms with Crippen molar-refractivity contribution in [3.8, 4) is 0 Å². The number of ether oxygens (including phenoxy) is 1. The van der Waals surface area contributed by atoms with Crippen LogP contribution in [-0.4, -0.2) is 30.1 Å². The van der Waals surface area contributed by atoms with Crippen molar-refractivity contribution in [3.05, 3.63) is 35.4 Å². The number of carbonyl (C=O) groups is 1. The second kappa shape index (κ2) is 4.13. The van der Waals surface area contributed by atoms with Gasteiger partial charge in [-0.15, -0.1) is 0 Å². The van der Waals surface area contributed by atoms with Crippen LogP contribution in [0.15, 0.2) is 29.3 Å². The van der Waals surface area contributed by atoms with Crippen molar-refractivity contribution < 1.29 is 14.6 Å². The van der Waals surface area contributed by atoms with Gasteiger partial charge in [-0.3, -0.25) is 4.79 Å². The van der Waals surface area contributed by atoms with Gasteiger partial charge < -0.3 is 9.84 Å². The summed E-state index contributed by atoms with van der Waals surface area (Å²) in [6.07, 6.45) is 0.0492. The van der Waals surface area contributed by atoms with E-state index in [9.17, 15) is 4.79 Å². The first-order chi connectivity index (χ1) is 7.25.